The highest BCUT2D eigenvalue weighted by Gasteiger charge is 2.22. The summed E-state index contributed by atoms with van der Waals surface area (Å²) in [6, 6.07) is 11.8. The summed E-state index contributed by atoms with van der Waals surface area (Å²) in [6.07, 6.45) is 4.91. The predicted molar refractivity (Wildman–Crippen MR) is 148 cm³/mol. The quantitative estimate of drug-likeness (QED) is 0.312. The van der Waals surface area contributed by atoms with Gasteiger partial charge in [0.15, 0.2) is 0 Å². The summed E-state index contributed by atoms with van der Waals surface area (Å²) in [4.78, 5) is 22.3. The molecule has 0 radical (unpaired) electrons. The molecule has 3 aromatic carbocycles. The largest absolute Gasteiger partial charge is 0.507 e. The van der Waals surface area contributed by atoms with Crippen LogP contribution in [-0.4, -0.2) is 49.9 Å². The molecule has 1 aliphatic rings. The van der Waals surface area contributed by atoms with Gasteiger partial charge in [0.25, 0.3) is 0 Å². The lowest BCUT2D eigenvalue weighted by Gasteiger charge is -2.34. The number of aromatic hydroxyl groups is 1. The maximum atomic E-state index is 15.0. The maximum absolute atomic E-state index is 15.0. The Morgan fingerprint density at radius 1 is 1.08 bits per heavy atom. The molecule has 3 heterocycles. The molecular weight excluding hydrogens is 507 g/mol. The van der Waals surface area contributed by atoms with E-state index >= 15 is 4.39 Å². The van der Waals surface area contributed by atoms with Crippen molar-refractivity contribution >= 4 is 28.3 Å². The lowest BCUT2D eigenvalue weighted by Crippen LogP contribution is -2.49. The van der Waals surface area contributed by atoms with Crippen LogP contribution in [0.25, 0.3) is 39.0 Å². The smallest absolute Gasteiger partial charge is 0.332 e. The number of aromatic amines is 1. The van der Waals surface area contributed by atoms with Gasteiger partial charge in [-0.2, -0.15) is 0 Å². The number of benzene rings is 3. The van der Waals surface area contributed by atoms with Crippen LogP contribution in [0.2, 0.25) is 5.02 Å². The minimum atomic E-state index is -0.491. The fraction of sp³-hybridized carbons (Fsp3) is 0.214. The van der Waals surface area contributed by atoms with Gasteiger partial charge in [-0.15, -0.1) is 0 Å². The highest BCUT2D eigenvalue weighted by molar-refractivity contribution is 6.32. The first-order chi connectivity index (χ1) is 18.3. The summed E-state index contributed by atoms with van der Waals surface area (Å²) < 4.78 is 17.9. The third-order valence-electron chi connectivity index (χ3n) is 7.06. The number of anilines is 1. The monoisotopic (exact) mass is 532 g/mol. The van der Waals surface area contributed by atoms with Gasteiger partial charge in [0.05, 0.1) is 28.2 Å². The minimum Gasteiger partial charge on any atom is -0.507 e. The van der Waals surface area contributed by atoms with Gasteiger partial charge < -0.3 is 24.9 Å². The average Bonchev–Trinajstić information content (AvgIpc) is 3.51. The van der Waals surface area contributed by atoms with Crippen molar-refractivity contribution in [3.8, 4) is 33.7 Å². The van der Waals surface area contributed by atoms with Gasteiger partial charge in [0, 0.05) is 56.2 Å². The summed E-state index contributed by atoms with van der Waals surface area (Å²) in [7, 11) is 1.65. The summed E-state index contributed by atoms with van der Waals surface area (Å²) in [5.74, 6) is -0.556. The second-order valence-electron chi connectivity index (χ2n) is 9.67. The van der Waals surface area contributed by atoms with Gasteiger partial charge in [-0.05, 0) is 54.4 Å². The molecular formula is C28H26ClFN6O2. The van der Waals surface area contributed by atoms with Gasteiger partial charge in [0.1, 0.15) is 17.1 Å². The number of halogens is 2. The number of piperazine rings is 1. The second kappa shape index (κ2) is 9.34. The number of H-pyrrole nitrogens is 1. The van der Waals surface area contributed by atoms with Crippen LogP contribution in [0.15, 0.2) is 66.0 Å². The molecule has 6 rings (SSSR count). The Kier molecular flexibility index (Phi) is 5.97. The number of nitrogens with one attached hydrogen (secondary N) is 2. The molecule has 5 aromatic rings. The SMILES string of the molecule is C[C@@H]1CN(c2cc(-c3cc(F)cc(-c4ccc(-n5ccn(C)c5=O)c(Cl)c4)c3O)cc3[nH]cnc23)CCN1. The summed E-state index contributed by atoms with van der Waals surface area (Å²) >= 11 is 6.55. The Labute approximate surface area is 222 Å². The van der Waals surface area contributed by atoms with E-state index in [1.807, 2.05) is 12.1 Å². The van der Waals surface area contributed by atoms with Crippen molar-refractivity contribution in [3.05, 3.63) is 82.5 Å². The van der Waals surface area contributed by atoms with Crippen molar-refractivity contribution in [1.29, 1.82) is 0 Å². The number of nitrogens with zero attached hydrogens (tertiary/aromatic N) is 4. The molecule has 1 fully saturated rings. The van der Waals surface area contributed by atoms with Crippen molar-refractivity contribution in [2.45, 2.75) is 13.0 Å². The van der Waals surface area contributed by atoms with E-state index in [0.29, 0.717) is 39.0 Å². The number of fused-ring (bicyclic) bond motifs is 1. The average molecular weight is 533 g/mol. The van der Waals surface area contributed by atoms with Crippen LogP contribution >= 0.6 is 11.6 Å². The number of phenols is 1. The molecule has 0 unspecified atom stereocenters. The van der Waals surface area contributed by atoms with Crippen molar-refractivity contribution < 1.29 is 9.50 Å². The van der Waals surface area contributed by atoms with E-state index < -0.39 is 5.82 Å². The molecule has 0 bridgehead atoms. The van der Waals surface area contributed by atoms with Crippen molar-refractivity contribution in [3.63, 3.8) is 0 Å². The van der Waals surface area contributed by atoms with Crippen LogP contribution in [0.3, 0.4) is 0 Å². The zero-order chi connectivity index (χ0) is 26.6. The van der Waals surface area contributed by atoms with Crippen LogP contribution in [0, 0.1) is 5.82 Å². The second-order valence-corrected chi connectivity index (χ2v) is 10.1. The van der Waals surface area contributed by atoms with Gasteiger partial charge >= 0.3 is 5.69 Å². The Hall–Kier alpha value is -4.08. The van der Waals surface area contributed by atoms with E-state index in [2.05, 4.69) is 27.1 Å². The molecule has 194 valence electrons. The summed E-state index contributed by atoms with van der Waals surface area (Å²) in [6.45, 7) is 4.60. The Bertz CT molecular complexity index is 1740. The summed E-state index contributed by atoms with van der Waals surface area (Å²) in [5, 5.41) is 15.1. The standard InChI is InChI=1S/C28H26ClFN6O2/c1-16-14-35(6-5-31-16)25-11-18(10-23-26(25)33-15-32-23)21-13-19(30)12-20(27(21)37)17-3-4-24(22(29)9-17)36-8-7-34(2)28(36)38/h3-4,7-13,15-16,31,37H,5-6,14H2,1-2H3,(H,32,33)/t16-/m1/s1. The fourth-order valence-electron chi connectivity index (χ4n) is 5.14. The normalized spacial score (nSPS) is 15.9. The van der Waals surface area contributed by atoms with Crippen molar-refractivity contribution in [1.82, 2.24) is 24.4 Å². The van der Waals surface area contributed by atoms with E-state index in [4.69, 9.17) is 11.6 Å². The first kappa shape index (κ1) is 24.3. The zero-order valence-electron chi connectivity index (χ0n) is 20.9. The number of aromatic nitrogens is 4. The predicted octanol–water partition coefficient (Wildman–Crippen LogP) is 4.68. The topological polar surface area (TPSA) is 91.1 Å². The molecule has 8 nitrogen and oxygen atoms in total. The van der Waals surface area contributed by atoms with Crippen molar-refractivity contribution in [2.75, 3.05) is 24.5 Å². The number of phenolic OH excluding ortho intramolecular Hbond substituents is 1. The fourth-order valence-corrected chi connectivity index (χ4v) is 5.41. The molecule has 1 atom stereocenters. The van der Waals surface area contributed by atoms with Crippen LogP contribution in [0.5, 0.6) is 5.75 Å². The maximum Gasteiger partial charge on any atom is 0.332 e. The number of rotatable bonds is 4. The van der Waals surface area contributed by atoms with Gasteiger partial charge in [-0.3, -0.25) is 4.57 Å². The third-order valence-corrected chi connectivity index (χ3v) is 7.37. The molecule has 1 saturated heterocycles. The summed E-state index contributed by atoms with van der Waals surface area (Å²) in [5.41, 5.74) is 4.68. The van der Waals surface area contributed by atoms with E-state index in [9.17, 15) is 9.90 Å². The molecule has 38 heavy (non-hydrogen) atoms. The van der Waals surface area contributed by atoms with Crippen LogP contribution in [-0.2, 0) is 7.05 Å². The van der Waals surface area contributed by atoms with Gasteiger partial charge in [0.2, 0.25) is 0 Å². The lowest BCUT2D eigenvalue weighted by molar-refractivity contribution is 0.477. The highest BCUT2D eigenvalue weighted by Crippen LogP contribution is 2.42. The van der Waals surface area contributed by atoms with E-state index in [0.717, 1.165) is 36.4 Å². The first-order valence-electron chi connectivity index (χ1n) is 12.3. The van der Waals surface area contributed by atoms with Crippen LogP contribution in [0.4, 0.5) is 10.1 Å². The third kappa shape index (κ3) is 4.13. The minimum absolute atomic E-state index is 0.0643. The Morgan fingerprint density at radius 3 is 2.58 bits per heavy atom. The highest BCUT2D eigenvalue weighted by atomic mass is 35.5. The Balaban J connectivity index is 1.46. The molecule has 3 N–H and O–H groups in total. The number of aryl methyl sites for hydroxylation is 1. The molecule has 0 saturated carbocycles. The van der Waals surface area contributed by atoms with Crippen LogP contribution < -0.4 is 15.9 Å². The number of hydrogen-bond acceptors (Lipinski definition) is 5. The molecule has 0 spiro atoms. The zero-order valence-corrected chi connectivity index (χ0v) is 21.6. The molecule has 2 aromatic heterocycles. The van der Waals surface area contributed by atoms with Crippen molar-refractivity contribution in [2.24, 2.45) is 7.05 Å². The first-order valence-corrected chi connectivity index (χ1v) is 12.7. The molecule has 0 aliphatic carbocycles. The number of hydrogen-bond donors (Lipinski definition) is 3. The van der Waals surface area contributed by atoms with Gasteiger partial charge in [-0.1, -0.05) is 17.7 Å². The van der Waals surface area contributed by atoms with Crippen LogP contribution in [0.1, 0.15) is 6.92 Å². The van der Waals surface area contributed by atoms with E-state index in [1.54, 1.807) is 44.0 Å². The lowest BCUT2D eigenvalue weighted by atomic mass is 9.96. The van der Waals surface area contributed by atoms with E-state index in [-0.39, 0.29) is 11.4 Å². The molecule has 10 heteroatoms. The van der Waals surface area contributed by atoms with Gasteiger partial charge in [-0.25, -0.2) is 14.2 Å². The number of imidazole rings is 2. The molecule has 1 aliphatic heterocycles. The molecule has 0 amide bonds. The van der Waals surface area contributed by atoms with E-state index in [1.165, 1.54) is 21.3 Å². The Morgan fingerprint density at radius 2 is 1.87 bits per heavy atom.